The van der Waals surface area contributed by atoms with Crippen LogP contribution in [0.3, 0.4) is 0 Å². The number of benzene rings is 2. The molecule has 2 heterocycles. The molecule has 1 amide bonds. The molecule has 6 nitrogen and oxygen atoms in total. The number of pyridine rings is 1. The molecule has 1 N–H and O–H groups in total. The molecule has 1 aliphatic heterocycles. The Balaban J connectivity index is 1.94. The third-order valence-corrected chi connectivity index (χ3v) is 5.40. The van der Waals surface area contributed by atoms with Crippen molar-refractivity contribution in [2.24, 2.45) is 0 Å². The van der Waals surface area contributed by atoms with Gasteiger partial charge in [-0.1, -0.05) is 46.3 Å². The molecule has 1 aromatic heterocycles. The molecule has 1 fully saturated rings. The number of nitrogens with zero attached hydrogens (tertiary/aromatic N) is 2. The maximum absolute atomic E-state index is 13.0. The van der Waals surface area contributed by atoms with Gasteiger partial charge in [0.05, 0.1) is 18.7 Å². The molecule has 0 aliphatic carbocycles. The van der Waals surface area contributed by atoms with Crippen molar-refractivity contribution < 1.29 is 19.4 Å². The van der Waals surface area contributed by atoms with E-state index in [-0.39, 0.29) is 11.3 Å². The number of ketones is 1. The number of aromatic nitrogens is 1. The third kappa shape index (κ3) is 3.48. The largest absolute Gasteiger partial charge is 0.507 e. The van der Waals surface area contributed by atoms with Crippen LogP contribution in [0.15, 0.2) is 83.0 Å². The van der Waals surface area contributed by atoms with Crippen molar-refractivity contribution in [3.8, 4) is 5.75 Å². The number of carbonyl (C=O) groups is 2. The summed E-state index contributed by atoms with van der Waals surface area (Å²) in [7, 11) is 1.51. The highest BCUT2D eigenvalue weighted by Gasteiger charge is 2.47. The molecule has 30 heavy (non-hydrogen) atoms. The minimum atomic E-state index is -0.820. The average molecular weight is 465 g/mol. The van der Waals surface area contributed by atoms with Crippen LogP contribution < -0.4 is 9.64 Å². The Morgan fingerprint density at radius 2 is 1.83 bits per heavy atom. The number of hydrogen-bond acceptors (Lipinski definition) is 5. The van der Waals surface area contributed by atoms with Gasteiger partial charge >= 0.3 is 5.91 Å². The normalized spacial score (nSPS) is 17.9. The number of aliphatic hydroxyl groups is 1. The Kier molecular flexibility index (Phi) is 5.37. The minimum absolute atomic E-state index is 0.00114. The highest BCUT2D eigenvalue weighted by atomic mass is 79.9. The Labute approximate surface area is 181 Å². The van der Waals surface area contributed by atoms with Gasteiger partial charge in [-0.25, -0.2) is 4.98 Å². The zero-order chi connectivity index (χ0) is 21.3. The molecule has 7 heteroatoms. The van der Waals surface area contributed by atoms with E-state index in [1.54, 1.807) is 60.8 Å². The van der Waals surface area contributed by atoms with Crippen molar-refractivity contribution >= 4 is 39.2 Å². The van der Waals surface area contributed by atoms with Crippen molar-refractivity contribution in [2.45, 2.75) is 6.04 Å². The van der Waals surface area contributed by atoms with E-state index in [1.807, 2.05) is 12.1 Å². The SMILES string of the molecule is COc1cccc(C(O)=C2C(=O)C(=O)N(c3ccccn3)[C@H]2c2ccc(Br)cc2)c1. The zero-order valence-electron chi connectivity index (χ0n) is 15.9. The first-order valence-corrected chi connectivity index (χ1v) is 9.92. The summed E-state index contributed by atoms with van der Waals surface area (Å²) in [6.45, 7) is 0. The lowest BCUT2D eigenvalue weighted by atomic mass is 9.95. The number of hydrogen-bond donors (Lipinski definition) is 1. The second kappa shape index (κ2) is 8.12. The van der Waals surface area contributed by atoms with E-state index in [1.165, 1.54) is 12.0 Å². The van der Waals surface area contributed by atoms with Gasteiger partial charge in [-0.2, -0.15) is 0 Å². The number of ether oxygens (including phenoxy) is 1. The summed E-state index contributed by atoms with van der Waals surface area (Å²) in [5, 5.41) is 11.1. The topological polar surface area (TPSA) is 79.7 Å². The number of methoxy groups -OCH3 is 1. The summed E-state index contributed by atoms with van der Waals surface area (Å²) in [6.07, 6.45) is 1.55. The van der Waals surface area contributed by atoms with Gasteiger partial charge < -0.3 is 9.84 Å². The number of Topliss-reactive ketones (excluding diaryl/α,β-unsaturated/α-hetero) is 1. The second-order valence-corrected chi connectivity index (χ2v) is 7.56. The Bertz CT molecular complexity index is 1140. The molecule has 2 aromatic carbocycles. The van der Waals surface area contributed by atoms with Crippen molar-refractivity contribution in [1.82, 2.24) is 4.98 Å². The maximum atomic E-state index is 13.0. The molecular formula is C23H17BrN2O4. The van der Waals surface area contributed by atoms with Gasteiger partial charge in [-0.3, -0.25) is 14.5 Å². The van der Waals surface area contributed by atoms with Crippen LogP contribution in [0.1, 0.15) is 17.2 Å². The van der Waals surface area contributed by atoms with E-state index >= 15 is 0 Å². The Hall–Kier alpha value is -3.45. The van der Waals surface area contributed by atoms with Gasteiger partial charge in [0.1, 0.15) is 17.3 Å². The molecule has 4 rings (SSSR count). The van der Waals surface area contributed by atoms with Gasteiger partial charge in [-0.05, 0) is 42.0 Å². The summed E-state index contributed by atoms with van der Waals surface area (Å²) in [5.41, 5.74) is 1.06. The third-order valence-electron chi connectivity index (χ3n) is 4.87. The van der Waals surface area contributed by atoms with Crippen LogP contribution in [-0.2, 0) is 9.59 Å². The predicted molar refractivity (Wildman–Crippen MR) is 116 cm³/mol. The molecule has 3 aromatic rings. The lowest BCUT2D eigenvalue weighted by molar-refractivity contribution is -0.132. The summed E-state index contributed by atoms with van der Waals surface area (Å²) in [4.78, 5) is 31.6. The molecule has 150 valence electrons. The smallest absolute Gasteiger partial charge is 0.301 e. The van der Waals surface area contributed by atoms with Crippen LogP contribution >= 0.6 is 15.9 Å². The van der Waals surface area contributed by atoms with Crippen LogP contribution in [-0.4, -0.2) is 28.9 Å². The van der Waals surface area contributed by atoms with Crippen molar-refractivity contribution in [1.29, 1.82) is 0 Å². The number of carbonyl (C=O) groups excluding carboxylic acids is 2. The van der Waals surface area contributed by atoms with Crippen molar-refractivity contribution in [3.63, 3.8) is 0 Å². The predicted octanol–water partition coefficient (Wildman–Crippen LogP) is 4.48. The van der Waals surface area contributed by atoms with Gasteiger partial charge in [0, 0.05) is 16.2 Å². The fraction of sp³-hybridized carbons (Fsp3) is 0.0870. The summed E-state index contributed by atoms with van der Waals surface area (Å²) in [6, 6.07) is 18.2. The first-order chi connectivity index (χ1) is 14.5. The molecule has 0 bridgehead atoms. The Morgan fingerprint density at radius 1 is 1.07 bits per heavy atom. The van der Waals surface area contributed by atoms with E-state index in [9.17, 15) is 14.7 Å². The van der Waals surface area contributed by atoms with E-state index < -0.39 is 17.7 Å². The molecule has 0 spiro atoms. The van der Waals surface area contributed by atoms with Gasteiger partial charge in [0.2, 0.25) is 0 Å². The van der Waals surface area contributed by atoms with Crippen molar-refractivity contribution in [3.05, 3.63) is 94.1 Å². The van der Waals surface area contributed by atoms with Crippen LogP contribution in [0, 0.1) is 0 Å². The summed E-state index contributed by atoms with van der Waals surface area (Å²) < 4.78 is 6.07. The van der Waals surface area contributed by atoms with Crippen LogP contribution in [0.5, 0.6) is 5.75 Å². The van der Waals surface area contributed by atoms with Gasteiger partial charge in [0.15, 0.2) is 0 Å². The molecule has 1 aliphatic rings. The fourth-order valence-corrected chi connectivity index (χ4v) is 3.72. The van der Waals surface area contributed by atoms with Crippen LogP contribution in [0.25, 0.3) is 5.76 Å². The molecule has 0 radical (unpaired) electrons. The summed E-state index contributed by atoms with van der Waals surface area (Å²) >= 11 is 3.40. The van der Waals surface area contributed by atoms with Crippen molar-refractivity contribution in [2.75, 3.05) is 12.0 Å². The number of amides is 1. The molecule has 1 atom stereocenters. The number of anilines is 1. The zero-order valence-corrected chi connectivity index (χ0v) is 17.5. The molecule has 0 unspecified atom stereocenters. The highest BCUT2D eigenvalue weighted by molar-refractivity contribution is 9.10. The van der Waals surface area contributed by atoms with E-state index in [0.29, 0.717) is 22.7 Å². The fourth-order valence-electron chi connectivity index (χ4n) is 3.45. The minimum Gasteiger partial charge on any atom is -0.507 e. The first-order valence-electron chi connectivity index (χ1n) is 9.13. The number of aliphatic hydroxyl groups excluding tert-OH is 1. The average Bonchev–Trinajstić information content (AvgIpc) is 3.05. The first kappa shape index (κ1) is 19.8. The standard InChI is InChI=1S/C23H17BrN2O4/c1-30-17-6-4-5-15(13-17)21(27)19-20(14-8-10-16(24)11-9-14)26(23(29)22(19)28)18-7-2-3-12-25-18/h2-13,20,27H,1H3/t20-/m0/s1. The molecule has 1 saturated heterocycles. The summed E-state index contributed by atoms with van der Waals surface area (Å²) in [5.74, 6) is -0.922. The van der Waals surface area contributed by atoms with Gasteiger partial charge in [-0.15, -0.1) is 0 Å². The van der Waals surface area contributed by atoms with E-state index in [2.05, 4.69) is 20.9 Å². The highest BCUT2D eigenvalue weighted by Crippen LogP contribution is 2.41. The quantitative estimate of drug-likeness (QED) is 0.349. The van der Waals surface area contributed by atoms with E-state index in [4.69, 9.17) is 4.74 Å². The monoisotopic (exact) mass is 464 g/mol. The van der Waals surface area contributed by atoms with Gasteiger partial charge in [0.25, 0.3) is 5.78 Å². The lowest BCUT2D eigenvalue weighted by Gasteiger charge is -2.24. The molecular weight excluding hydrogens is 448 g/mol. The number of halogens is 1. The maximum Gasteiger partial charge on any atom is 0.301 e. The molecule has 0 saturated carbocycles. The van der Waals surface area contributed by atoms with E-state index in [0.717, 1.165) is 4.47 Å². The second-order valence-electron chi connectivity index (χ2n) is 6.64. The lowest BCUT2D eigenvalue weighted by Crippen LogP contribution is -2.30. The van der Waals surface area contributed by atoms with Crippen LogP contribution in [0.4, 0.5) is 5.82 Å². The Morgan fingerprint density at radius 3 is 2.50 bits per heavy atom. The van der Waals surface area contributed by atoms with Crippen LogP contribution in [0.2, 0.25) is 0 Å². The number of rotatable bonds is 4.